The number of aromatic nitrogens is 1. The van der Waals surface area contributed by atoms with Crippen molar-refractivity contribution in [1.29, 1.82) is 0 Å². The Morgan fingerprint density at radius 1 is 1.24 bits per heavy atom. The van der Waals surface area contributed by atoms with E-state index in [4.69, 9.17) is 0 Å². The zero-order valence-corrected chi connectivity index (χ0v) is 10.8. The van der Waals surface area contributed by atoms with Gasteiger partial charge in [0.15, 0.2) is 9.84 Å². The minimum absolute atomic E-state index is 0.0850. The number of aromatic amines is 1. The van der Waals surface area contributed by atoms with Crippen LogP contribution < -0.4 is 4.87 Å². The summed E-state index contributed by atoms with van der Waals surface area (Å²) in [4.78, 5) is 13.9. The van der Waals surface area contributed by atoms with Gasteiger partial charge in [-0.3, -0.25) is 4.79 Å². The third kappa shape index (κ3) is 2.48. The molecule has 90 valence electrons. The van der Waals surface area contributed by atoms with Crippen LogP contribution in [-0.4, -0.2) is 19.2 Å². The van der Waals surface area contributed by atoms with Gasteiger partial charge in [0.2, 0.25) is 0 Å². The summed E-state index contributed by atoms with van der Waals surface area (Å²) in [6.45, 7) is 1.61. The molecule has 2 aromatic rings. The molecule has 0 unspecified atom stereocenters. The van der Waals surface area contributed by atoms with Crippen LogP contribution in [0.4, 0.5) is 0 Å². The Balaban J connectivity index is 2.40. The Kier molecular flexibility index (Phi) is 3.17. The summed E-state index contributed by atoms with van der Waals surface area (Å²) in [5, 5.41) is 1.71. The van der Waals surface area contributed by atoms with Gasteiger partial charge in [-0.2, -0.15) is 0 Å². The van der Waals surface area contributed by atoms with Gasteiger partial charge in [0.1, 0.15) is 0 Å². The quantitative estimate of drug-likeness (QED) is 0.925. The van der Waals surface area contributed by atoms with Crippen molar-refractivity contribution in [1.82, 2.24) is 4.98 Å². The highest BCUT2D eigenvalue weighted by Crippen LogP contribution is 2.20. The number of hydrogen-bond acceptors (Lipinski definition) is 4. The summed E-state index contributed by atoms with van der Waals surface area (Å²) in [5.41, 5.74) is 1.51. The fraction of sp³-hybridized carbons (Fsp3) is 0.182. The predicted molar refractivity (Wildman–Crippen MR) is 68.1 cm³/mol. The van der Waals surface area contributed by atoms with E-state index in [-0.39, 0.29) is 10.6 Å². The van der Waals surface area contributed by atoms with E-state index in [0.717, 1.165) is 16.9 Å². The van der Waals surface area contributed by atoms with Gasteiger partial charge in [-0.1, -0.05) is 30.4 Å². The van der Waals surface area contributed by atoms with E-state index in [0.29, 0.717) is 10.6 Å². The lowest BCUT2D eigenvalue weighted by Gasteiger charge is -2.02. The van der Waals surface area contributed by atoms with Gasteiger partial charge in [0.25, 0.3) is 0 Å². The van der Waals surface area contributed by atoms with Crippen molar-refractivity contribution in [2.45, 2.75) is 11.8 Å². The minimum Gasteiger partial charge on any atom is -0.312 e. The Morgan fingerprint density at radius 2 is 1.88 bits per heavy atom. The normalized spacial score (nSPS) is 11.6. The smallest absolute Gasteiger partial charge is 0.304 e. The lowest BCUT2D eigenvalue weighted by atomic mass is 10.2. The first kappa shape index (κ1) is 12.1. The molecule has 0 saturated carbocycles. The van der Waals surface area contributed by atoms with Crippen LogP contribution in [0, 0.1) is 0 Å². The maximum absolute atomic E-state index is 11.6. The summed E-state index contributed by atoms with van der Waals surface area (Å²) < 4.78 is 23.2. The van der Waals surface area contributed by atoms with Crippen molar-refractivity contribution in [3.05, 3.63) is 39.3 Å². The Morgan fingerprint density at radius 3 is 2.35 bits per heavy atom. The van der Waals surface area contributed by atoms with Crippen molar-refractivity contribution >= 4 is 21.2 Å². The van der Waals surface area contributed by atoms with E-state index >= 15 is 0 Å². The molecule has 0 saturated heterocycles. The number of hydrogen-bond donors (Lipinski definition) is 1. The molecular weight excluding hydrogens is 258 g/mol. The second-order valence-electron chi connectivity index (χ2n) is 3.49. The second-order valence-corrected chi connectivity index (χ2v) is 6.61. The van der Waals surface area contributed by atoms with E-state index in [1.165, 1.54) is 0 Å². The molecule has 1 aromatic carbocycles. The molecule has 0 aliphatic rings. The van der Waals surface area contributed by atoms with Crippen LogP contribution in [0.15, 0.2) is 39.3 Å². The molecule has 0 aliphatic carbocycles. The van der Waals surface area contributed by atoms with Crippen LogP contribution in [-0.2, 0) is 9.84 Å². The van der Waals surface area contributed by atoms with Crippen LogP contribution in [0.3, 0.4) is 0 Å². The van der Waals surface area contributed by atoms with E-state index in [2.05, 4.69) is 4.98 Å². The molecule has 6 heteroatoms. The first-order valence-electron chi connectivity index (χ1n) is 5.04. The van der Waals surface area contributed by atoms with Crippen LogP contribution in [0.25, 0.3) is 11.3 Å². The number of benzene rings is 1. The average molecular weight is 269 g/mol. The highest BCUT2D eigenvalue weighted by molar-refractivity contribution is 7.91. The second kappa shape index (κ2) is 4.46. The summed E-state index contributed by atoms with van der Waals surface area (Å²) in [6, 6.07) is 6.51. The highest BCUT2D eigenvalue weighted by atomic mass is 32.2. The van der Waals surface area contributed by atoms with Gasteiger partial charge in [-0.05, 0) is 17.7 Å². The molecule has 1 aromatic heterocycles. The van der Waals surface area contributed by atoms with E-state index in [9.17, 15) is 13.2 Å². The van der Waals surface area contributed by atoms with E-state index in [1.807, 2.05) is 0 Å². The fourth-order valence-electron chi connectivity index (χ4n) is 1.43. The zero-order valence-electron chi connectivity index (χ0n) is 9.14. The molecule has 0 spiro atoms. The first-order valence-corrected chi connectivity index (χ1v) is 7.57. The van der Waals surface area contributed by atoms with Crippen molar-refractivity contribution in [2.24, 2.45) is 0 Å². The molecule has 4 nitrogen and oxygen atoms in total. The number of nitrogens with one attached hydrogen (secondary N) is 1. The number of thiazole rings is 1. The number of rotatable bonds is 3. The Hall–Kier alpha value is -1.40. The van der Waals surface area contributed by atoms with Gasteiger partial charge in [-0.15, -0.1) is 0 Å². The van der Waals surface area contributed by atoms with Crippen LogP contribution in [0.1, 0.15) is 6.92 Å². The van der Waals surface area contributed by atoms with Crippen molar-refractivity contribution in [3.63, 3.8) is 0 Å². The third-order valence-electron chi connectivity index (χ3n) is 2.43. The monoisotopic (exact) mass is 269 g/mol. The molecule has 17 heavy (non-hydrogen) atoms. The molecule has 1 N–H and O–H groups in total. The van der Waals surface area contributed by atoms with E-state index in [1.54, 1.807) is 36.6 Å². The zero-order chi connectivity index (χ0) is 12.5. The van der Waals surface area contributed by atoms with E-state index < -0.39 is 9.84 Å². The van der Waals surface area contributed by atoms with Gasteiger partial charge >= 0.3 is 4.87 Å². The standard InChI is InChI=1S/C11H11NO3S2/c1-2-17(14,15)9-5-3-8(4-6-9)10-7-16-11(13)12-10/h3-7H,2H2,1H3,(H,12,13). The molecule has 0 atom stereocenters. The lowest BCUT2D eigenvalue weighted by Crippen LogP contribution is -2.03. The molecule has 1 heterocycles. The predicted octanol–water partition coefficient (Wildman–Crippen LogP) is 1.90. The molecule has 0 amide bonds. The largest absolute Gasteiger partial charge is 0.312 e. The minimum atomic E-state index is -3.16. The average Bonchev–Trinajstić information content (AvgIpc) is 2.76. The maximum atomic E-state index is 11.6. The van der Waals surface area contributed by atoms with Crippen molar-refractivity contribution < 1.29 is 8.42 Å². The molecule has 0 aliphatic heterocycles. The van der Waals surface area contributed by atoms with Gasteiger partial charge in [0, 0.05) is 5.38 Å². The third-order valence-corrected chi connectivity index (χ3v) is 4.85. The molecule has 2 rings (SSSR count). The van der Waals surface area contributed by atoms with Crippen molar-refractivity contribution in [3.8, 4) is 11.3 Å². The van der Waals surface area contributed by atoms with Gasteiger partial charge < -0.3 is 4.98 Å². The van der Waals surface area contributed by atoms with Gasteiger partial charge in [0.05, 0.1) is 16.3 Å². The van der Waals surface area contributed by atoms with Crippen LogP contribution in [0.5, 0.6) is 0 Å². The van der Waals surface area contributed by atoms with Crippen molar-refractivity contribution in [2.75, 3.05) is 5.75 Å². The summed E-state index contributed by atoms with van der Waals surface area (Å²) in [5.74, 6) is 0.0850. The Labute approximate surface area is 103 Å². The molecule has 0 radical (unpaired) electrons. The molecular formula is C11H11NO3S2. The topological polar surface area (TPSA) is 67.0 Å². The SMILES string of the molecule is CCS(=O)(=O)c1ccc(-c2csc(=O)[nH]2)cc1. The Bertz CT molecular complexity index is 665. The maximum Gasteiger partial charge on any atom is 0.304 e. The lowest BCUT2D eigenvalue weighted by molar-refractivity contribution is 0.597. The number of H-pyrrole nitrogens is 1. The summed E-state index contributed by atoms with van der Waals surface area (Å²) in [6.07, 6.45) is 0. The summed E-state index contributed by atoms with van der Waals surface area (Å²) >= 11 is 1.08. The summed E-state index contributed by atoms with van der Waals surface area (Å²) in [7, 11) is -3.16. The number of sulfone groups is 1. The van der Waals surface area contributed by atoms with Crippen LogP contribution >= 0.6 is 11.3 Å². The fourth-order valence-corrected chi connectivity index (χ4v) is 2.90. The molecule has 0 fully saturated rings. The van der Waals surface area contributed by atoms with Crippen LogP contribution in [0.2, 0.25) is 0 Å². The first-order chi connectivity index (χ1) is 8.03. The highest BCUT2D eigenvalue weighted by Gasteiger charge is 2.11. The molecule has 0 bridgehead atoms. The van der Waals surface area contributed by atoms with Gasteiger partial charge in [-0.25, -0.2) is 8.42 Å².